The summed E-state index contributed by atoms with van der Waals surface area (Å²) in [5.74, 6) is 0. The lowest BCUT2D eigenvalue weighted by atomic mass is 10.3. The van der Waals surface area contributed by atoms with E-state index in [0.717, 1.165) is 26.3 Å². The molecule has 0 amide bonds. The maximum absolute atomic E-state index is 9.15. The van der Waals surface area contributed by atoms with Crippen LogP contribution in [0.25, 0.3) is 0 Å². The first-order chi connectivity index (χ1) is 6.24. The molecule has 2 aliphatic heterocycles. The Balaban J connectivity index is 1.70. The van der Waals surface area contributed by atoms with Crippen molar-refractivity contribution < 1.29 is 14.6 Å². The lowest BCUT2D eigenvalue weighted by Gasteiger charge is -2.21. The standard InChI is InChI=1S/C9H16NO3/c1-7(11)2-10(3-8-5-12-8)4-9-6-13-9/h7-9,11H,1-6H2. The number of epoxide rings is 2. The van der Waals surface area contributed by atoms with Crippen LogP contribution in [0, 0.1) is 6.92 Å². The summed E-state index contributed by atoms with van der Waals surface area (Å²) < 4.78 is 10.3. The quantitative estimate of drug-likeness (QED) is 0.556. The molecule has 0 aromatic heterocycles. The topological polar surface area (TPSA) is 48.5 Å². The molecule has 13 heavy (non-hydrogen) atoms. The van der Waals surface area contributed by atoms with Crippen molar-refractivity contribution in [2.45, 2.75) is 18.3 Å². The Labute approximate surface area is 78.4 Å². The van der Waals surface area contributed by atoms with E-state index < -0.39 is 6.10 Å². The monoisotopic (exact) mass is 186 g/mol. The summed E-state index contributed by atoms with van der Waals surface area (Å²) in [5, 5.41) is 9.15. The molecule has 0 bridgehead atoms. The van der Waals surface area contributed by atoms with Crippen LogP contribution >= 0.6 is 0 Å². The molecule has 3 unspecified atom stereocenters. The second kappa shape index (κ2) is 3.92. The zero-order valence-corrected chi connectivity index (χ0v) is 7.69. The van der Waals surface area contributed by atoms with Crippen molar-refractivity contribution in [3.05, 3.63) is 6.92 Å². The van der Waals surface area contributed by atoms with Crippen LogP contribution in [0.4, 0.5) is 0 Å². The summed E-state index contributed by atoms with van der Waals surface area (Å²) in [7, 11) is 0. The molecular formula is C9H16NO3. The van der Waals surface area contributed by atoms with Crippen molar-refractivity contribution in [1.82, 2.24) is 4.90 Å². The Morgan fingerprint density at radius 2 is 1.77 bits per heavy atom. The van der Waals surface area contributed by atoms with Gasteiger partial charge in [-0.1, -0.05) is 0 Å². The molecule has 4 nitrogen and oxygen atoms in total. The Morgan fingerprint density at radius 3 is 2.08 bits per heavy atom. The molecular weight excluding hydrogens is 170 g/mol. The number of hydrogen-bond acceptors (Lipinski definition) is 4. The average Bonchev–Trinajstić information content (AvgIpc) is 2.79. The Morgan fingerprint density at radius 1 is 1.31 bits per heavy atom. The summed E-state index contributed by atoms with van der Waals surface area (Å²) in [5.41, 5.74) is 0. The van der Waals surface area contributed by atoms with Gasteiger partial charge in [-0.3, -0.25) is 4.90 Å². The van der Waals surface area contributed by atoms with Gasteiger partial charge in [-0.05, 0) is 6.92 Å². The fourth-order valence-corrected chi connectivity index (χ4v) is 1.44. The minimum atomic E-state index is -0.516. The van der Waals surface area contributed by atoms with Gasteiger partial charge in [-0.25, -0.2) is 0 Å². The van der Waals surface area contributed by atoms with E-state index in [4.69, 9.17) is 14.6 Å². The van der Waals surface area contributed by atoms with Gasteiger partial charge in [0.1, 0.15) is 0 Å². The summed E-state index contributed by atoms with van der Waals surface area (Å²) in [6.45, 7) is 7.68. The highest BCUT2D eigenvalue weighted by molar-refractivity contribution is 4.81. The van der Waals surface area contributed by atoms with Crippen molar-refractivity contribution in [2.75, 3.05) is 32.8 Å². The third-order valence-corrected chi connectivity index (χ3v) is 2.20. The van der Waals surface area contributed by atoms with Crippen LogP contribution < -0.4 is 0 Å². The SMILES string of the molecule is [CH2]C(O)CN(CC1CO1)CC1CO1. The lowest BCUT2D eigenvalue weighted by Crippen LogP contribution is -2.37. The predicted molar refractivity (Wildman–Crippen MR) is 47.3 cm³/mol. The molecule has 2 heterocycles. The van der Waals surface area contributed by atoms with Gasteiger partial charge in [-0.2, -0.15) is 0 Å². The number of nitrogens with zero attached hydrogens (tertiary/aromatic N) is 1. The number of rotatable bonds is 6. The predicted octanol–water partition coefficient (Wildman–Crippen LogP) is -0.719. The molecule has 2 rings (SSSR count). The zero-order valence-electron chi connectivity index (χ0n) is 7.69. The molecule has 4 heteroatoms. The molecule has 2 saturated heterocycles. The van der Waals surface area contributed by atoms with Gasteiger partial charge in [0, 0.05) is 19.6 Å². The first-order valence-electron chi connectivity index (χ1n) is 4.71. The van der Waals surface area contributed by atoms with Crippen molar-refractivity contribution in [3.63, 3.8) is 0 Å². The van der Waals surface area contributed by atoms with Gasteiger partial charge in [-0.15, -0.1) is 0 Å². The minimum Gasteiger partial charge on any atom is -0.392 e. The van der Waals surface area contributed by atoms with Gasteiger partial charge < -0.3 is 14.6 Å². The normalized spacial score (nSPS) is 33.5. The molecule has 0 aromatic carbocycles. The van der Waals surface area contributed by atoms with Crippen LogP contribution in [0.5, 0.6) is 0 Å². The molecule has 1 radical (unpaired) electrons. The zero-order chi connectivity index (χ0) is 9.26. The van der Waals surface area contributed by atoms with E-state index in [1.807, 2.05) is 0 Å². The second-order valence-electron chi connectivity index (χ2n) is 3.78. The fourth-order valence-electron chi connectivity index (χ4n) is 1.44. The third-order valence-electron chi connectivity index (χ3n) is 2.20. The molecule has 0 aliphatic carbocycles. The molecule has 2 fully saturated rings. The van der Waals surface area contributed by atoms with Crippen LogP contribution in [0.15, 0.2) is 0 Å². The van der Waals surface area contributed by atoms with Crippen LogP contribution in [0.3, 0.4) is 0 Å². The van der Waals surface area contributed by atoms with Crippen molar-refractivity contribution >= 4 is 0 Å². The first kappa shape index (κ1) is 9.40. The number of hydrogen-bond donors (Lipinski definition) is 1. The van der Waals surface area contributed by atoms with Crippen molar-refractivity contribution in [2.24, 2.45) is 0 Å². The van der Waals surface area contributed by atoms with Crippen molar-refractivity contribution in [1.29, 1.82) is 0 Å². The van der Waals surface area contributed by atoms with Gasteiger partial charge in [0.2, 0.25) is 0 Å². The summed E-state index contributed by atoms with van der Waals surface area (Å²) >= 11 is 0. The van der Waals surface area contributed by atoms with Crippen LogP contribution in [0.1, 0.15) is 0 Å². The molecule has 1 N–H and O–H groups in total. The summed E-state index contributed by atoms with van der Waals surface area (Å²) in [4.78, 5) is 2.16. The molecule has 0 spiro atoms. The second-order valence-corrected chi connectivity index (χ2v) is 3.78. The number of aliphatic hydroxyl groups excluding tert-OH is 1. The van der Waals surface area contributed by atoms with Gasteiger partial charge in [0.05, 0.1) is 31.5 Å². The van der Waals surface area contributed by atoms with E-state index in [2.05, 4.69) is 11.8 Å². The number of ether oxygens (including phenoxy) is 2. The minimum absolute atomic E-state index is 0.373. The van der Waals surface area contributed by atoms with Crippen LogP contribution in [-0.2, 0) is 9.47 Å². The van der Waals surface area contributed by atoms with E-state index in [0.29, 0.717) is 18.8 Å². The largest absolute Gasteiger partial charge is 0.392 e. The highest BCUT2D eigenvalue weighted by Crippen LogP contribution is 2.15. The van der Waals surface area contributed by atoms with E-state index in [1.165, 1.54) is 0 Å². The summed E-state index contributed by atoms with van der Waals surface area (Å²) in [6, 6.07) is 0. The maximum atomic E-state index is 9.15. The van der Waals surface area contributed by atoms with Gasteiger partial charge in [0.15, 0.2) is 0 Å². The maximum Gasteiger partial charge on any atom is 0.0936 e. The van der Waals surface area contributed by atoms with E-state index in [-0.39, 0.29) is 0 Å². The van der Waals surface area contributed by atoms with E-state index in [9.17, 15) is 0 Å². The smallest absolute Gasteiger partial charge is 0.0936 e. The van der Waals surface area contributed by atoms with E-state index in [1.54, 1.807) is 0 Å². The Kier molecular flexibility index (Phi) is 2.83. The first-order valence-corrected chi connectivity index (χ1v) is 4.71. The molecule has 3 atom stereocenters. The van der Waals surface area contributed by atoms with Crippen molar-refractivity contribution in [3.8, 4) is 0 Å². The fraction of sp³-hybridized carbons (Fsp3) is 0.889. The molecule has 2 aliphatic rings. The third kappa shape index (κ3) is 3.60. The lowest BCUT2D eigenvalue weighted by molar-refractivity contribution is 0.131. The summed E-state index contributed by atoms with van der Waals surface area (Å²) in [6.07, 6.45) is 0.229. The highest BCUT2D eigenvalue weighted by atomic mass is 16.6. The molecule has 75 valence electrons. The Hall–Kier alpha value is -0.160. The number of aliphatic hydroxyl groups is 1. The van der Waals surface area contributed by atoms with Gasteiger partial charge >= 0.3 is 0 Å². The van der Waals surface area contributed by atoms with Crippen LogP contribution in [-0.4, -0.2) is 61.2 Å². The van der Waals surface area contributed by atoms with Crippen LogP contribution in [0.2, 0.25) is 0 Å². The van der Waals surface area contributed by atoms with Gasteiger partial charge in [0.25, 0.3) is 0 Å². The molecule has 0 aromatic rings. The Bertz CT molecular complexity index is 147. The molecule has 0 saturated carbocycles. The highest BCUT2D eigenvalue weighted by Gasteiger charge is 2.30. The van der Waals surface area contributed by atoms with E-state index >= 15 is 0 Å². The average molecular weight is 186 g/mol.